The van der Waals surface area contributed by atoms with Crippen LogP contribution in [0, 0.1) is 0 Å². The molecule has 2 heterocycles. The number of ether oxygens (including phenoxy) is 1. The second-order valence-corrected chi connectivity index (χ2v) is 10.4. The van der Waals surface area contributed by atoms with Crippen LogP contribution in [0.15, 0.2) is 83.3 Å². The number of nitrogens with zero attached hydrogens (tertiary/aromatic N) is 5. The van der Waals surface area contributed by atoms with Crippen LogP contribution in [0.4, 0.5) is 0 Å². The van der Waals surface area contributed by atoms with E-state index in [1.54, 1.807) is 19.5 Å². The van der Waals surface area contributed by atoms with Crippen molar-refractivity contribution in [2.24, 2.45) is 5.10 Å². The molecule has 190 valence electrons. The average Bonchev–Trinajstić information content (AvgIpc) is 3.34. The zero-order valence-corrected chi connectivity index (χ0v) is 22.4. The molecule has 9 heteroatoms. The van der Waals surface area contributed by atoms with E-state index in [1.807, 2.05) is 47.9 Å². The van der Waals surface area contributed by atoms with Crippen molar-refractivity contribution in [3.8, 4) is 22.8 Å². The zero-order chi connectivity index (χ0) is 26.4. The molecule has 0 aliphatic rings. The molecule has 1 amide bonds. The van der Waals surface area contributed by atoms with Crippen LogP contribution in [0.3, 0.4) is 0 Å². The van der Waals surface area contributed by atoms with Gasteiger partial charge < -0.3 is 4.74 Å². The second-order valence-electron chi connectivity index (χ2n) is 9.43. The fraction of sp³-hybridized carbons (Fsp3) is 0.250. The normalized spacial score (nSPS) is 11.9. The van der Waals surface area contributed by atoms with Gasteiger partial charge in [0.2, 0.25) is 0 Å². The Balaban J connectivity index is 1.57. The van der Waals surface area contributed by atoms with Gasteiger partial charge in [0.25, 0.3) is 5.91 Å². The highest BCUT2D eigenvalue weighted by Gasteiger charge is 2.19. The summed E-state index contributed by atoms with van der Waals surface area (Å²) >= 11 is 1.29. The van der Waals surface area contributed by atoms with Gasteiger partial charge in [0, 0.05) is 29.2 Å². The highest BCUT2D eigenvalue weighted by molar-refractivity contribution is 7.99. The van der Waals surface area contributed by atoms with Crippen LogP contribution >= 0.6 is 11.8 Å². The molecule has 2 aromatic carbocycles. The van der Waals surface area contributed by atoms with Crippen LogP contribution in [0.25, 0.3) is 17.1 Å². The number of thioether (sulfide) groups is 1. The van der Waals surface area contributed by atoms with Gasteiger partial charge in [-0.3, -0.25) is 14.3 Å². The Morgan fingerprint density at radius 1 is 1.05 bits per heavy atom. The molecule has 0 saturated carbocycles. The minimum atomic E-state index is -0.242. The number of hydrazone groups is 1. The summed E-state index contributed by atoms with van der Waals surface area (Å²) < 4.78 is 7.27. The second kappa shape index (κ2) is 11.4. The molecular weight excluding hydrogens is 484 g/mol. The third kappa shape index (κ3) is 6.42. The Morgan fingerprint density at radius 3 is 2.41 bits per heavy atom. The summed E-state index contributed by atoms with van der Waals surface area (Å²) in [6.45, 7) is 8.37. The van der Waals surface area contributed by atoms with Crippen molar-refractivity contribution in [1.29, 1.82) is 0 Å². The van der Waals surface area contributed by atoms with E-state index in [4.69, 9.17) is 4.74 Å². The monoisotopic (exact) mass is 514 g/mol. The quantitative estimate of drug-likeness (QED) is 0.196. The Bertz CT molecular complexity index is 1380. The first kappa shape index (κ1) is 26.1. The van der Waals surface area contributed by atoms with Gasteiger partial charge in [-0.15, -0.1) is 10.2 Å². The van der Waals surface area contributed by atoms with Crippen LogP contribution < -0.4 is 10.2 Å². The van der Waals surface area contributed by atoms with Crippen LogP contribution in [0.1, 0.15) is 38.8 Å². The van der Waals surface area contributed by atoms with E-state index in [0.717, 1.165) is 22.6 Å². The third-order valence-electron chi connectivity index (χ3n) is 5.73. The van der Waals surface area contributed by atoms with Crippen molar-refractivity contribution < 1.29 is 9.53 Å². The lowest BCUT2D eigenvalue weighted by Crippen LogP contribution is -2.21. The molecule has 0 spiro atoms. The van der Waals surface area contributed by atoms with Crippen LogP contribution in [0.2, 0.25) is 0 Å². The van der Waals surface area contributed by atoms with Crippen molar-refractivity contribution in [2.45, 2.75) is 38.3 Å². The van der Waals surface area contributed by atoms with Gasteiger partial charge >= 0.3 is 0 Å². The summed E-state index contributed by atoms with van der Waals surface area (Å²) in [7, 11) is 1.63. The van der Waals surface area contributed by atoms with Crippen LogP contribution in [0.5, 0.6) is 5.75 Å². The van der Waals surface area contributed by atoms with Crippen LogP contribution in [-0.2, 0) is 10.2 Å². The smallest absolute Gasteiger partial charge is 0.250 e. The van der Waals surface area contributed by atoms with Gasteiger partial charge in [0.15, 0.2) is 11.0 Å². The lowest BCUT2D eigenvalue weighted by Gasteiger charge is -2.19. The van der Waals surface area contributed by atoms with Crippen LogP contribution in [-0.4, -0.2) is 44.2 Å². The highest BCUT2D eigenvalue weighted by Crippen LogP contribution is 2.30. The van der Waals surface area contributed by atoms with E-state index >= 15 is 0 Å². The lowest BCUT2D eigenvalue weighted by molar-refractivity contribution is -0.118. The molecule has 1 N–H and O–H groups in total. The minimum Gasteiger partial charge on any atom is -0.497 e. The average molecular weight is 515 g/mol. The largest absolute Gasteiger partial charge is 0.497 e. The number of hydrogen-bond donors (Lipinski definition) is 1. The van der Waals surface area contributed by atoms with E-state index in [2.05, 4.69) is 70.7 Å². The zero-order valence-electron chi connectivity index (χ0n) is 21.6. The number of carbonyl (C=O) groups excluding carboxylic acids is 1. The van der Waals surface area contributed by atoms with Gasteiger partial charge in [-0.1, -0.05) is 62.9 Å². The van der Waals surface area contributed by atoms with Crippen molar-refractivity contribution in [2.75, 3.05) is 12.9 Å². The molecule has 0 atom stereocenters. The molecule has 0 bridgehead atoms. The molecule has 8 nitrogen and oxygen atoms in total. The molecule has 0 fully saturated rings. The molecule has 0 radical (unpaired) electrons. The summed E-state index contributed by atoms with van der Waals surface area (Å²) in [4.78, 5) is 16.6. The first-order chi connectivity index (χ1) is 17.8. The topological polar surface area (TPSA) is 94.3 Å². The lowest BCUT2D eigenvalue weighted by atomic mass is 9.87. The summed E-state index contributed by atoms with van der Waals surface area (Å²) in [5.41, 5.74) is 7.22. The molecule has 4 aromatic rings. The first-order valence-corrected chi connectivity index (χ1v) is 12.8. The molecule has 2 aromatic heterocycles. The summed E-state index contributed by atoms with van der Waals surface area (Å²) in [6, 6.07) is 19.7. The van der Waals surface area contributed by atoms with Crippen molar-refractivity contribution >= 4 is 23.4 Å². The van der Waals surface area contributed by atoms with Gasteiger partial charge in [0.1, 0.15) is 5.75 Å². The van der Waals surface area contributed by atoms with E-state index in [9.17, 15) is 4.79 Å². The number of carbonyl (C=O) groups is 1. The Kier molecular flexibility index (Phi) is 8.03. The Labute approximate surface area is 221 Å². The predicted octanol–water partition coefficient (Wildman–Crippen LogP) is 5.27. The SMILES string of the molecule is COc1ccc(-n2c(SCC(=O)NN=C(C)c3cccnc3)nnc2-c2ccc(C(C)(C)C)cc2)cc1. The van der Waals surface area contributed by atoms with E-state index in [0.29, 0.717) is 16.7 Å². The number of nitrogens with one attached hydrogen (secondary N) is 1. The first-order valence-electron chi connectivity index (χ1n) is 11.8. The maximum Gasteiger partial charge on any atom is 0.250 e. The minimum absolute atomic E-state index is 0.0500. The predicted molar refractivity (Wildman–Crippen MR) is 147 cm³/mol. The summed E-state index contributed by atoms with van der Waals surface area (Å²) in [5.74, 6) is 1.33. The fourth-order valence-corrected chi connectivity index (χ4v) is 4.33. The number of aromatic nitrogens is 4. The van der Waals surface area contributed by atoms with E-state index in [-0.39, 0.29) is 17.1 Å². The number of pyridine rings is 1. The van der Waals surface area contributed by atoms with E-state index in [1.165, 1.54) is 17.3 Å². The Hall–Kier alpha value is -3.98. The van der Waals surface area contributed by atoms with Crippen molar-refractivity contribution in [3.05, 3.63) is 84.2 Å². The maximum atomic E-state index is 12.6. The molecule has 0 aliphatic heterocycles. The van der Waals surface area contributed by atoms with Gasteiger partial charge in [-0.2, -0.15) is 5.10 Å². The number of rotatable bonds is 8. The maximum absolute atomic E-state index is 12.6. The molecule has 4 rings (SSSR count). The van der Waals surface area contributed by atoms with Gasteiger partial charge in [0.05, 0.1) is 18.6 Å². The molecule has 0 saturated heterocycles. The highest BCUT2D eigenvalue weighted by atomic mass is 32.2. The number of amides is 1. The standard InChI is InChI=1S/C28H30N6O2S/c1-19(21-7-6-16-29-17-21)30-31-25(35)18-37-27-33-32-26(20-8-10-22(11-9-20)28(2,3)4)34(27)23-12-14-24(36-5)15-13-23/h6-17H,18H2,1-5H3,(H,31,35). The Morgan fingerprint density at radius 2 is 1.78 bits per heavy atom. The summed E-state index contributed by atoms with van der Waals surface area (Å²) in [5, 5.41) is 13.7. The number of methoxy groups -OCH3 is 1. The molecule has 0 unspecified atom stereocenters. The molecule has 37 heavy (non-hydrogen) atoms. The van der Waals surface area contributed by atoms with Gasteiger partial charge in [-0.25, -0.2) is 5.43 Å². The van der Waals surface area contributed by atoms with E-state index < -0.39 is 0 Å². The summed E-state index contributed by atoms with van der Waals surface area (Å²) in [6.07, 6.45) is 3.39. The number of benzene rings is 2. The fourth-order valence-electron chi connectivity index (χ4n) is 3.58. The number of hydrogen-bond acceptors (Lipinski definition) is 7. The van der Waals surface area contributed by atoms with Gasteiger partial charge in [-0.05, 0) is 48.2 Å². The van der Waals surface area contributed by atoms with Crippen molar-refractivity contribution in [3.63, 3.8) is 0 Å². The molecular formula is C28H30N6O2S. The van der Waals surface area contributed by atoms with Crippen molar-refractivity contribution in [1.82, 2.24) is 25.2 Å². The third-order valence-corrected chi connectivity index (χ3v) is 6.66. The molecule has 0 aliphatic carbocycles.